The molecule has 1 spiro atoms. The minimum absolute atomic E-state index is 0.0375. The van der Waals surface area contributed by atoms with Crippen LogP contribution in [-0.4, -0.2) is 68.4 Å². The lowest BCUT2D eigenvalue weighted by Gasteiger charge is -2.41. The number of pyridine rings is 2. The van der Waals surface area contributed by atoms with Crippen LogP contribution in [0.5, 0.6) is 5.75 Å². The average molecular weight is 574 g/mol. The number of fused-ring (bicyclic) bond motifs is 3. The Kier molecular flexibility index (Phi) is 6.30. The molecule has 1 aromatic carbocycles. The lowest BCUT2D eigenvalue weighted by atomic mass is 9.79. The maximum atomic E-state index is 14.5. The molecule has 2 saturated heterocycles. The normalized spacial score (nSPS) is 19.1. The first-order valence-corrected chi connectivity index (χ1v) is 14.3. The van der Waals surface area contributed by atoms with Gasteiger partial charge in [-0.2, -0.15) is 5.10 Å². The number of amides is 1. The number of halogens is 2. The van der Waals surface area contributed by atoms with Crippen LogP contribution < -0.4 is 9.64 Å². The van der Waals surface area contributed by atoms with Crippen molar-refractivity contribution in [3.8, 4) is 16.9 Å². The van der Waals surface area contributed by atoms with Gasteiger partial charge in [0.2, 0.25) is 0 Å². The summed E-state index contributed by atoms with van der Waals surface area (Å²) in [5.41, 5.74) is 3.47. The summed E-state index contributed by atoms with van der Waals surface area (Å²) in [7, 11) is 0. The second-order valence-electron chi connectivity index (χ2n) is 11.0. The lowest BCUT2D eigenvalue weighted by Crippen LogP contribution is -2.45. The Labute approximate surface area is 240 Å². The third-order valence-corrected chi connectivity index (χ3v) is 8.67. The van der Waals surface area contributed by atoms with Crippen molar-refractivity contribution in [2.24, 2.45) is 5.41 Å². The molecule has 1 N–H and O–H groups in total. The van der Waals surface area contributed by atoms with E-state index >= 15 is 0 Å². The van der Waals surface area contributed by atoms with Gasteiger partial charge in [0.05, 0.1) is 40.5 Å². The topological polar surface area (TPSA) is 91.6 Å². The Bertz CT molecular complexity index is 1750. The second kappa shape index (κ2) is 10.0. The number of aromatic amines is 1. The van der Waals surface area contributed by atoms with E-state index in [0.29, 0.717) is 25.3 Å². The highest BCUT2D eigenvalue weighted by Gasteiger charge is 2.43. The lowest BCUT2D eigenvalue weighted by molar-refractivity contribution is 0.0763. The number of aromatic nitrogens is 5. The zero-order chi connectivity index (χ0) is 28.1. The summed E-state index contributed by atoms with van der Waals surface area (Å²) in [6, 6.07) is 10.5. The third kappa shape index (κ3) is 4.46. The van der Waals surface area contributed by atoms with E-state index in [1.807, 2.05) is 29.9 Å². The van der Waals surface area contributed by atoms with E-state index in [1.54, 1.807) is 17.2 Å². The third-order valence-electron chi connectivity index (χ3n) is 8.36. The molecule has 2 fully saturated rings. The summed E-state index contributed by atoms with van der Waals surface area (Å²) < 4.78 is 22.1. The van der Waals surface area contributed by atoms with E-state index in [9.17, 15) is 9.18 Å². The first kappa shape index (κ1) is 25.8. The second-order valence-corrected chi connectivity index (χ2v) is 11.4. The zero-order valence-electron chi connectivity index (χ0n) is 22.6. The molecule has 7 rings (SSSR count). The van der Waals surface area contributed by atoms with Crippen LogP contribution in [0.4, 0.5) is 10.2 Å². The van der Waals surface area contributed by atoms with Crippen molar-refractivity contribution < 1.29 is 13.9 Å². The summed E-state index contributed by atoms with van der Waals surface area (Å²) in [5, 5.41) is 12.8. The molecule has 9 nitrogen and oxygen atoms in total. The van der Waals surface area contributed by atoms with Crippen LogP contribution >= 0.6 is 11.6 Å². The van der Waals surface area contributed by atoms with Gasteiger partial charge in [0.25, 0.3) is 5.91 Å². The van der Waals surface area contributed by atoms with Crippen molar-refractivity contribution in [2.75, 3.05) is 37.7 Å². The maximum absolute atomic E-state index is 14.5. The smallest absolute Gasteiger partial charge is 0.258 e. The predicted molar refractivity (Wildman–Crippen MR) is 155 cm³/mol. The maximum Gasteiger partial charge on any atom is 0.258 e. The number of carbonyl (C=O) groups is 1. The van der Waals surface area contributed by atoms with Crippen LogP contribution in [0.15, 0.2) is 55.0 Å². The number of anilines is 1. The van der Waals surface area contributed by atoms with Crippen molar-refractivity contribution in [1.82, 2.24) is 29.7 Å². The molecule has 1 unspecified atom stereocenters. The fourth-order valence-corrected chi connectivity index (χ4v) is 6.69. The van der Waals surface area contributed by atoms with Gasteiger partial charge in [-0.25, -0.2) is 13.9 Å². The largest absolute Gasteiger partial charge is 0.492 e. The number of H-pyrrole nitrogens is 1. The molecule has 0 aliphatic carbocycles. The van der Waals surface area contributed by atoms with Crippen LogP contribution in [0.2, 0.25) is 5.02 Å². The molecular weight excluding hydrogens is 545 g/mol. The van der Waals surface area contributed by atoms with Gasteiger partial charge in [0.1, 0.15) is 17.4 Å². The van der Waals surface area contributed by atoms with Crippen molar-refractivity contribution in [3.05, 3.63) is 71.4 Å². The summed E-state index contributed by atoms with van der Waals surface area (Å²) in [6.07, 6.45) is 8.43. The molecule has 210 valence electrons. The van der Waals surface area contributed by atoms with E-state index < -0.39 is 5.82 Å². The first-order valence-electron chi connectivity index (χ1n) is 13.9. The Balaban J connectivity index is 1.13. The van der Waals surface area contributed by atoms with Gasteiger partial charge in [-0.3, -0.25) is 9.89 Å². The standard InChI is InChI=1S/C30H29ClFN7O2/c1-2-41-20-13-21(27-22-15-34-35-28(22)36-39(27)16-20)19-7-8-25(33-14-19)37-11-4-9-30(17-37)10-12-38(18-30)29(40)26-23(31)5-3-6-24(26)32/h3,5-8,13-16H,2,4,9-12,17-18H2,1H3,(H,35,36). The van der Waals surface area contributed by atoms with Gasteiger partial charge in [0.15, 0.2) is 5.65 Å². The Morgan fingerprint density at radius 3 is 2.88 bits per heavy atom. The number of benzene rings is 1. The Hall–Kier alpha value is -4.18. The Morgan fingerprint density at radius 1 is 1.17 bits per heavy atom. The SMILES string of the molecule is CCOc1cc(-c2ccc(N3CCCC4(CCN(C(=O)c5c(F)cccc5Cl)C4)C3)nc2)c2c3cn[nH]c3nn2c1. The first-order chi connectivity index (χ1) is 19.9. The van der Waals surface area contributed by atoms with Crippen molar-refractivity contribution in [1.29, 1.82) is 0 Å². The van der Waals surface area contributed by atoms with Crippen LogP contribution in [0, 0.1) is 11.2 Å². The molecular formula is C30H29ClFN7O2. The van der Waals surface area contributed by atoms with E-state index in [-0.39, 0.29) is 21.9 Å². The molecule has 11 heteroatoms. The molecule has 1 atom stereocenters. The molecule has 4 aromatic heterocycles. The van der Waals surface area contributed by atoms with Crippen molar-refractivity contribution in [3.63, 3.8) is 0 Å². The minimum atomic E-state index is -0.577. The van der Waals surface area contributed by atoms with Gasteiger partial charge >= 0.3 is 0 Å². The quantitative estimate of drug-likeness (QED) is 0.294. The number of hydrogen-bond donors (Lipinski definition) is 1. The summed E-state index contributed by atoms with van der Waals surface area (Å²) in [6.45, 7) is 5.35. The highest BCUT2D eigenvalue weighted by atomic mass is 35.5. The molecule has 5 aromatic rings. The number of likely N-dealkylation sites (tertiary alicyclic amines) is 1. The predicted octanol–water partition coefficient (Wildman–Crippen LogP) is 5.60. The molecule has 0 bridgehead atoms. The highest BCUT2D eigenvalue weighted by Crippen LogP contribution is 2.41. The van der Waals surface area contributed by atoms with Crippen LogP contribution in [0.25, 0.3) is 27.7 Å². The van der Waals surface area contributed by atoms with Crippen molar-refractivity contribution in [2.45, 2.75) is 26.2 Å². The van der Waals surface area contributed by atoms with E-state index in [0.717, 1.165) is 65.9 Å². The minimum Gasteiger partial charge on any atom is -0.492 e. The summed E-state index contributed by atoms with van der Waals surface area (Å²) in [5.74, 6) is 0.712. The van der Waals surface area contributed by atoms with E-state index in [4.69, 9.17) is 21.3 Å². The van der Waals surface area contributed by atoms with Gasteiger partial charge in [-0.05, 0) is 56.5 Å². The van der Waals surface area contributed by atoms with Crippen LogP contribution in [-0.2, 0) is 0 Å². The van der Waals surface area contributed by atoms with Gasteiger partial charge in [-0.1, -0.05) is 17.7 Å². The molecule has 0 radical (unpaired) electrons. The number of hydrogen-bond acceptors (Lipinski definition) is 6. The van der Waals surface area contributed by atoms with Crippen LogP contribution in [0.1, 0.15) is 36.5 Å². The van der Waals surface area contributed by atoms with Gasteiger partial charge < -0.3 is 14.5 Å². The molecule has 0 saturated carbocycles. The van der Waals surface area contributed by atoms with Crippen LogP contribution in [0.3, 0.4) is 0 Å². The molecule has 2 aliphatic rings. The molecule has 2 aliphatic heterocycles. The number of carbonyl (C=O) groups excluding carboxylic acids is 1. The number of nitrogens with zero attached hydrogens (tertiary/aromatic N) is 6. The summed E-state index contributed by atoms with van der Waals surface area (Å²) in [4.78, 5) is 22.1. The highest BCUT2D eigenvalue weighted by molar-refractivity contribution is 6.33. The van der Waals surface area contributed by atoms with E-state index in [2.05, 4.69) is 32.3 Å². The number of nitrogens with one attached hydrogen (secondary N) is 1. The van der Waals surface area contributed by atoms with E-state index in [1.165, 1.54) is 12.1 Å². The summed E-state index contributed by atoms with van der Waals surface area (Å²) >= 11 is 6.19. The van der Waals surface area contributed by atoms with Crippen molar-refractivity contribution >= 4 is 39.9 Å². The molecule has 41 heavy (non-hydrogen) atoms. The number of piperidine rings is 1. The zero-order valence-corrected chi connectivity index (χ0v) is 23.4. The van der Waals surface area contributed by atoms with Gasteiger partial charge in [0, 0.05) is 48.9 Å². The molecule has 6 heterocycles. The Morgan fingerprint density at radius 2 is 2.07 bits per heavy atom. The number of ether oxygens (including phenoxy) is 1. The van der Waals surface area contributed by atoms with Gasteiger partial charge in [-0.15, -0.1) is 5.10 Å². The number of rotatable bonds is 5. The fourth-order valence-electron chi connectivity index (χ4n) is 6.44. The average Bonchev–Trinajstić information content (AvgIpc) is 3.68. The monoisotopic (exact) mass is 573 g/mol. The molecule has 1 amide bonds. The fraction of sp³-hybridized carbons (Fsp3) is 0.333.